The average molecular weight is 290 g/mol. The van der Waals surface area contributed by atoms with Gasteiger partial charge in [0.2, 0.25) is 0 Å². The first-order chi connectivity index (χ1) is 9.54. The fourth-order valence-electron chi connectivity index (χ4n) is 1.91. The standard InChI is InChI=1S/C13H11FN4OS/c1-18-5-4-10(17-18)16-13(19)12-11(15)8-6-7(14)2-3-9(8)20-12/h2-6H,15H2,1H3,(H,16,17,19). The lowest BCUT2D eigenvalue weighted by Crippen LogP contribution is -2.12. The van der Waals surface area contributed by atoms with Gasteiger partial charge >= 0.3 is 0 Å². The van der Waals surface area contributed by atoms with E-state index in [1.54, 1.807) is 30.1 Å². The van der Waals surface area contributed by atoms with Crippen molar-refractivity contribution in [3.05, 3.63) is 41.2 Å². The average Bonchev–Trinajstić information content (AvgIpc) is 2.94. The molecule has 0 atom stereocenters. The lowest BCUT2D eigenvalue weighted by atomic mass is 10.2. The number of nitrogens with one attached hydrogen (secondary N) is 1. The van der Waals surface area contributed by atoms with E-state index in [9.17, 15) is 9.18 Å². The number of anilines is 2. The summed E-state index contributed by atoms with van der Waals surface area (Å²) in [5, 5.41) is 7.28. The van der Waals surface area contributed by atoms with E-state index in [1.807, 2.05) is 0 Å². The third-order valence-corrected chi connectivity index (χ3v) is 4.04. The summed E-state index contributed by atoms with van der Waals surface area (Å²) in [7, 11) is 1.76. The molecule has 0 spiro atoms. The number of rotatable bonds is 2. The van der Waals surface area contributed by atoms with Gasteiger partial charge in [-0.15, -0.1) is 11.3 Å². The molecular weight excluding hydrogens is 279 g/mol. The molecule has 0 aliphatic heterocycles. The molecule has 5 nitrogen and oxygen atoms in total. The Kier molecular flexibility index (Phi) is 2.90. The number of nitrogens with zero attached hydrogens (tertiary/aromatic N) is 2. The number of amides is 1. The molecule has 7 heteroatoms. The van der Waals surface area contributed by atoms with Gasteiger partial charge in [0.25, 0.3) is 5.91 Å². The first-order valence-electron chi connectivity index (χ1n) is 5.83. The van der Waals surface area contributed by atoms with Gasteiger partial charge in [-0.2, -0.15) is 5.10 Å². The summed E-state index contributed by atoms with van der Waals surface area (Å²) in [5.41, 5.74) is 6.21. The molecule has 2 heterocycles. The number of hydrogen-bond donors (Lipinski definition) is 2. The van der Waals surface area contributed by atoms with Gasteiger partial charge in [-0.3, -0.25) is 9.48 Å². The Labute approximate surface area is 117 Å². The Balaban J connectivity index is 1.97. The smallest absolute Gasteiger partial charge is 0.269 e. The largest absolute Gasteiger partial charge is 0.397 e. The van der Waals surface area contributed by atoms with Crippen LogP contribution in [0.25, 0.3) is 10.1 Å². The second-order valence-electron chi connectivity index (χ2n) is 4.31. The molecule has 0 saturated carbocycles. The fraction of sp³-hybridized carbons (Fsp3) is 0.0769. The fourth-order valence-corrected chi connectivity index (χ4v) is 2.91. The Morgan fingerprint density at radius 2 is 2.25 bits per heavy atom. The maximum atomic E-state index is 13.2. The molecule has 20 heavy (non-hydrogen) atoms. The number of nitrogen functional groups attached to an aromatic ring is 1. The molecule has 0 fully saturated rings. The molecule has 0 saturated heterocycles. The minimum atomic E-state index is -0.376. The highest BCUT2D eigenvalue weighted by Crippen LogP contribution is 2.34. The van der Waals surface area contributed by atoms with Gasteiger partial charge in [0.1, 0.15) is 10.7 Å². The molecule has 0 aliphatic rings. The summed E-state index contributed by atoms with van der Waals surface area (Å²) in [6, 6.07) is 5.97. The minimum absolute atomic E-state index is 0.290. The minimum Gasteiger partial charge on any atom is -0.397 e. The SMILES string of the molecule is Cn1ccc(NC(=O)c2sc3ccc(F)cc3c2N)n1. The van der Waals surface area contributed by atoms with Crippen LogP contribution >= 0.6 is 11.3 Å². The van der Waals surface area contributed by atoms with Crippen LogP contribution in [0.3, 0.4) is 0 Å². The first kappa shape index (κ1) is 12.6. The number of aryl methyl sites for hydroxylation is 1. The zero-order chi connectivity index (χ0) is 14.3. The summed E-state index contributed by atoms with van der Waals surface area (Å²) >= 11 is 1.23. The van der Waals surface area contributed by atoms with Gasteiger partial charge in [-0.05, 0) is 18.2 Å². The summed E-state index contributed by atoms with van der Waals surface area (Å²) in [6.45, 7) is 0. The number of carbonyl (C=O) groups is 1. The van der Waals surface area contributed by atoms with Crippen LogP contribution in [-0.4, -0.2) is 15.7 Å². The zero-order valence-corrected chi connectivity index (χ0v) is 11.4. The predicted octanol–water partition coefficient (Wildman–Crippen LogP) is 2.61. The number of benzene rings is 1. The van der Waals surface area contributed by atoms with Crippen LogP contribution in [0.2, 0.25) is 0 Å². The zero-order valence-electron chi connectivity index (χ0n) is 10.6. The normalized spacial score (nSPS) is 10.9. The predicted molar refractivity (Wildman–Crippen MR) is 77.4 cm³/mol. The van der Waals surface area contributed by atoms with Gasteiger partial charge in [-0.1, -0.05) is 0 Å². The third kappa shape index (κ3) is 2.12. The Bertz CT molecular complexity index is 808. The second kappa shape index (κ2) is 4.61. The topological polar surface area (TPSA) is 72.9 Å². The van der Waals surface area contributed by atoms with E-state index in [4.69, 9.17) is 5.73 Å². The quantitative estimate of drug-likeness (QED) is 0.762. The van der Waals surface area contributed by atoms with Crippen molar-refractivity contribution < 1.29 is 9.18 Å². The van der Waals surface area contributed by atoms with Crippen molar-refractivity contribution in [1.82, 2.24) is 9.78 Å². The molecule has 3 N–H and O–H groups in total. The van der Waals surface area contributed by atoms with E-state index >= 15 is 0 Å². The monoisotopic (exact) mass is 290 g/mol. The Hall–Kier alpha value is -2.41. The molecule has 0 aliphatic carbocycles. The summed E-state index contributed by atoms with van der Waals surface area (Å²) in [4.78, 5) is 12.5. The van der Waals surface area contributed by atoms with Crippen molar-refractivity contribution in [3.8, 4) is 0 Å². The van der Waals surface area contributed by atoms with E-state index in [-0.39, 0.29) is 17.4 Å². The van der Waals surface area contributed by atoms with Gasteiger partial charge in [0, 0.05) is 29.4 Å². The number of hydrogen-bond acceptors (Lipinski definition) is 4. The number of thiophene rings is 1. The van der Waals surface area contributed by atoms with Crippen molar-refractivity contribution in [1.29, 1.82) is 0 Å². The van der Waals surface area contributed by atoms with E-state index in [0.717, 1.165) is 4.70 Å². The van der Waals surface area contributed by atoms with Crippen LogP contribution in [0.15, 0.2) is 30.5 Å². The molecule has 0 bridgehead atoms. The molecule has 0 unspecified atom stereocenters. The Morgan fingerprint density at radius 1 is 1.45 bits per heavy atom. The highest BCUT2D eigenvalue weighted by atomic mass is 32.1. The molecule has 0 radical (unpaired) electrons. The highest BCUT2D eigenvalue weighted by molar-refractivity contribution is 7.21. The van der Waals surface area contributed by atoms with Crippen LogP contribution in [0.1, 0.15) is 9.67 Å². The molecule has 2 aromatic heterocycles. The molecular formula is C13H11FN4OS. The summed E-state index contributed by atoms with van der Waals surface area (Å²) in [5.74, 6) is -0.276. The molecule has 3 rings (SSSR count). The van der Waals surface area contributed by atoms with Gasteiger partial charge in [-0.25, -0.2) is 4.39 Å². The number of aromatic nitrogens is 2. The van der Waals surface area contributed by atoms with Crippen LogP contribution in [0.5, 0.6) is 0 Å². The first-order valence-corrected chi connectivity index (χ1v) is 6.65. The van der Waals surface area contributed by atoms with Crippen LogP contribution in [0.4, 0.5) is 15.9 Å². The van der Waals surface area contributed by atoms with E-state index in [0.29, 0.717) is 16.1 Å². The maximum absolute atomic E-state index is 13.2. The highest BCUT2D eigenvalue weighted by Gasteiger charge is 2.17. The van der Waals surface area contributed by atoms with E-state index < -0.39 is 0 Å². The number of fused-ring (bicyclic) bond motifs is 1. The van der Waals surface area contributed by atoms with Crippen molar-refractivity contribution in [2.45, 2.75) is 0 Å². The van der Waals surface area contributed by atoms with E-state index in [2.05, 4.69) is 10.4 Å². The number of halogens is 1. The van der Waals surface area contributed by atoms with Crippen molar-refractivity contribution in [3.63, 3.8) is 0 Å². The van der Waals surface area contributed by atoms with E-state index in [1.165, 1.54) is 23.5 Å². The summed E-state index contributed by atoms with van der Waals surface area (Å²) < 4.78 is 15.6. The van der Waals surface area contributed by atoms with Crippen LogP contribution in [0, 0.1) is 5.82 Å². The molecule has 1 amide bonds. The third-order valence-electron chi connectivity index (χ3n) is 2.85. The lowest BCUT2D eigenvalue weighted by Gasteiger charge is -2.00. The molecule has 1 aromatic carbocycles. The van der Waals surface area contributed by atoms with Crippen molar-refractivity contribution in [2.75, 3.05) is 11.1 Å². The van der Waals surface area contributed by atoms with Crippen LogP contribution in [-0.2, 0) is 7.05 Å². The van der Waals surface area contributed by atoms with Crippen molar-refractivity contribution in [2.24, 2.45) is 7.05 Å². The second-order valence-corrected chi connectivity index (χ2v) is 5.37. The van der Waals surface area contributed by atoms with Gasteiger partial charge in [0.15, 0.2) is 5.82 Å². The Morgan fingerprint density at radius 3 is 2.95 bits per heavy atom. The molecule has 102 valence electrons. The van der Waals surface area contributed by atoms with Crippen LogP contribution < -0.4 is 11.1 Å². The lowest BCUT2D eigenvalue weighted by molar-refractivity contribution is 0.103. The number of carbonyl (C=O) groups excluding carboxylic acids is 1. The van der Waals surface area contributed by atoms with Gasteiger partial charge < -0.3 is 11.1 Å². The summed E-state index contributed by atoms with van der Waals surface area (Å²) in [6.07, 6.45) is 1.72. The molecule has 3 aromatic rings. The van der Waals surface area contributed by atoms with Crippen molar-refractivity contribution >= 4 is 38.8 Å². The maximum Gasteiger partial charge on any atom is 0.269 e. The van der Waals surface area contributed by atoms with Gasteiger partial charge in [0.05, 0.1) is 5.69 Å². The number of nitrogens with two attached hydrogens (primary N) is 1.